The van der Waals surface area contributed by atoms with Gasteiger partial charge in [0.1, 0.15) is 0 Å². The lowest BCUT2D eigenvalue weighted by Gasteiger charge is -2.14. The summed E-state index contributed by atoms with van der Waals surface area (Å²) in [6.45, 7) is 0. The molecule has 0 saturated heterocycles. The molecule has 0 bridgehead atoms. The fourth-order valence-corrected chi connectivity index (χ4v) is 3.12. The van der Waals surface area contributed by atoms with Gasteiger partial charge in [-0.2, -0.15) is 0 Å². The van der Waals surface area contributed by atoms with Crippen molar-refractivity contribution in [2.75, 3.05) is 0 Å². The van der Waals surface area contributed by atoms with E-state index in [0.717, 1.165) is 5.56 Å². The SMILES string of the molecule is C(#Cc1ccccc1)C1=C(C=C2CCCC2)CCCC1. The Hall–Kier alpha value is -1.74. The van der Waals surface area contributed by atoms with Crippen molar-refractivity contribution in [1.82, 2.24) is 0 Å². The molecule has 3 rings (SSSR count). The zero-order valence-corrected chi connectivity index (χ0v) is 12.1. The molecule has 0 amide bonds. The third kappa shape index (κ3) is 3.42. The molecule has 20 heavy (non-hydrogen) atoms. The van der Waals surface area contributed by atoms with Crippen molar-refractivity contribution >= 4 is 0 Å². The summed E-state index contributed by atoms with van der Waals surface area (Å²) >= 11 is 0. The maximum Gasteiger partial charge on any atom is 0.0248 e. The zero-order valence-electron chi connectivity index (χ0n) is 12.1. The number of rotatable bonds is 1. The van der Waals surface area contributed by atoms with Crippen LogP contribution in [-0.2, 0) is 0 Å². The minimum Gasteiger partial charge on any atom is -0.0699 e. The second kappa shape index (κ2) is 6.62. The van der Waals surface area contributed by atoms with Crippen molar-refractivity contribution < 1.29 is 0 Å². The second-order valence-electron chi connectivity index (χ2n) is 5.84. The molecule has 0 aliphatic heterocycles. The fourth-order valence-electron chi connectivity index (χ4n) is 3.12. The lowest BCUT2D eigenvalue weighted by molar-refractivity contribution is 0.695. The van der Waals surface area contributed by atoms with E-state index < -0.39 is 0 Å². The summed E-state index contributed by atoms with van der Waals surface area (Å²) in [5.41, 5.74) is 5.69. The van der Waals surface area contributed by atoms with Crippen molar-refractivity contribution in [1.29, 1.82) is 0 Å². The van der Waals surface area contributed by atoms with Gasteiger partial charge in [0.2, 0.25) is 0 Å². The standard InChI is InChI=1S/C20H22/c1-2-8-17(9-3-1)14-15-19-12-6-7-13-20(19)16-18-10-4-5-11-18/h1-3,8-9,16H,4-7,10-13H2. The highest BCUT2D eigenvalue weighted by Crippen LogP contribution is 2.30. The molecule has 0 aromatic heterocycles. The molecule has 102 valence electrons. The molecular formula is C20H22. The van der Waals surface area contributed by atoms with Gasteiger partial charge < -0.3 is 0 Å². The van der Waals surface area contributed by atoms with Crippen LogP contribution in [-0.4, -0.2) is 0 Å². The van der Waals surface area contributed by atoms with Gasteiger partial charge in [0, 0.05) is 11.1 Å². The molecule has 2 aliphatic rings. The van der Waals surface area contributed by atoms with Crippen molar-refractivity contribution in [3.8, 4) is 11.8 Å². The molecule has 0 atom stereocenters. The Morgan fingerprint density at radius 3 is 2.25 bits per heavy atom. The van der Waals surface area contributed by atoms with Crippen LogP contribution in [0.5, 0.6) is 0 Å². The summed E-state index contributed by atoms with van der Waals surface area (Å²) < 4.78 is 0. The quantitative estimate of drug-likeness (QED) is 0.594. The van der Waals surface area contributed by atoms with E-state index in [-0.39, 0.29) is 0 Å². The van der Waals surface area contributed by atoms with E-state index in [1.807, 2.05) is 6.07 Å². The lowest BCUT2D eigenvalue weighted by atomic mass is 9.90. The zero-order chi connectivity index (χ0) is 13.6. The molecule has 2 aliphatic carbocycles. The van der Waals surface area contributed by atoms with Crippen LogP contribution >= 0.6 is 0 Å². The van der Waals surface area contributed by atoms with Gasteiger partial charge in [-0.15, -0.1) is 0 Å². The normalized spacial score (nSPS) is 18.7. The first-order valence-electron chi connectivity index (χ1n) is 7.90. The molecule has 0 unspecified atom stereocenters. The Balaban J connectivity index is 1.86. The largest absolute Gasteiger partial charge is 0.0699 e. The van der Waals surface area contributed by atoms with Gasteiger partial charge in [0.15, 0.2) is 0 Å². The van der Waals surface area contributed by atoms with Crippen LogP contribution in [0.2, 0.25) is 0 Å². The number of hydrogen-bond donors (Lipinski definition) is 0. The Morgan fingerprint density at radius 2 is 1.45 bits per heavy atom. The first kappa shape index (κ1) is 13.3. The van der Waals surface area contributed by atoms with E-state index in [9.17, 15) is 0 Å². The summed E-state index contributed by atoms with van der Waals surface area (Å²) in [5.74, 6) is 6.78. The third-order valence-corrected chi connectivity index (χ3v) is 4.27. The van der Waals surface area contributed by atoms with E-state index in [1.54, 1.807) is 5.57 Å². The van der Waals surface area contributed by atoms with E-state index in [0.29, 0.717) is 0 Å². The lowest BCUT2D eigenvalue weighted by Crippen LogP contribution is -1.97. The van der Waals surface area contributed by atoms with Crippen LogP contribution in [0.15, 0.2) is 53.1 Å². The van der Waals surface area contributed by atoms with Gasteiger partial charge >= 0.3 is 0 Å². The molecule has 0 spiro atoms. The van der Waals surface area contributed by atoms with Gasteiger partial charge in [-0.3, -0.25) is 0 Å². The minimum atomic E-state index is 1.12. The first-order chi connectivity index (χ1) is 9.92. The van der Waals surface area contributed by atoms with Crippen LogP contribution in [0.25, 0.3) is 0 Å². The van der Waals surface area contributed by atoms with E-state index >= 15 is 0 Å². The average molecular weight is 262 g/mol. The molecular weight excluding hydrogens is 240 g/mol. The Bertz CT molecular complexity index is 567. The summed E-state index contributed by atoms with van der Waals surface area (Å²) in [6, 6.07) is 10.3. The first-order valence-corrected chi connectivity index (χ1v) is 7.90. The molecule has 0 nitrogen and oxygen atoms in total. The monoisotopic (exact) mass is 262 g/mol. The highest BCUT2D eigenvalue weighted by atomic mass is 14.2. The molecule has 1 fully saturated rings. The van der Waals surface area contributed by atoms with Crippen LogP contribution in [0, 0.1) is 11.8 Å². The summed E-state index contributed by atoms with van der Waals surface area (Å²) in [4.78, 5) is 0. The Labute approximate surface area is 122 Å². The minimum absolute atomic E-state index is 1.12. The predicted octanol–water partition coefficient (Wildman–Crippen LogP) is 5.41. The van der Waals surface area contributed by atoms with Crippen molar-refractivity contribution in [2.24, 2.45) is 0 Å². The fraction of sp³-hybridized carbons (Fsp3) is 0.400. The summed E-state index contributed by atoms with van der Waals surface area (Å²) in [6.07, 6.45) is 12.9. The molecule has 0 heteroatoms. The van der Waals surface area contributed by atoms with Crippen LogP contribution < -0.4 is 0 Å². The molecule has 0 radical (unpaired) electrons. The van der Waals surface area contributed by atoms with Gasteiger partial charge in [-0.05, 0) is 69.1 Å². The van der Waals surface area contributed by atoms with Crippen LogP contribution in [0.1, 0.15) is 56.9 Å². The highest BCUT2D eigenvalue weighted by Gasteiger charge is 2.12. The van der Waals surface area contributed by atoms with Gasteiger partial charge in [-0.25, -0.2) is 0 Å². The van der Waals surface area contributed by atoms with Gasteiger partial charge in [-0.1, -0.05) is 41.7 Å². The van der Waals surface area contributed by atoms with E-state index in [1.165, 1.54) is 62.5 Å². The third-order valence-electron chi connectivity index (χ3n) is 4.27. The van der Waals surface area contributed by atoms with E-state index in [2.05, 4.69) is 42.2 Å². The summed E-state index contributed by atoms with van der Waals surface area (Å²) in [7, 11) is 0. The van der Waals surface area contributed by atoms with Crippen LogP contribution in [0.3, 0.4) is 0 Å². The van der Waals surface area contributed by atoms with Crippen molar-refractivity contribution in [3.05, 3.63) is 58.7 Å². The predicted molar refractivity (Wildman–Crippen MR) is 85.4 cm³/mol. The topological polar surface area (TPSA) is 0 Å². The molecule has 1 aromatic carbocycles. The smallest absolute Gasteiger partial charge is 0.0248 e. The van der Waals surface area contributed by atoms with Crippen molar-refractivity contribution in [3.63, 3.8) is 0 Å². The molecule has 0 N–H and O–H groups in total. The van der Waals surface area contributed by atoms with Gasteiger partial charge in [0.05, 0.1) is 0 Å². The Kier molecular flexibility index (Phi) is 4.38. The molecule has 0 heterocycles. The maximum atomic E-state index is 3.45. The number of benzene rings is 1. The number of hydrogen-bond acceptors (Lipinski definition) is 0. The Morgan fingerprint density at radius 1 is 0.750 bits per heavy atom. The van der Waals surface area contributed by atoms with Crippen LogP contribution in [0.4, 0.5) is 0 Å². The maximum absolute atomic E-state index is 3.45. The number of allylic oxidation sites excluding steroid dienone is 4. The van der Waals surface area contributed by atoms with Crippen molar-refractivity contribution in [2.45, 2.75) is 51.4 Å². The second-order valence-corrected chi connectivity index (χ2v) is 5.84. The van der Waals surface area contributed by atoms with Gasteiger partial charge in [0.25, 0.3) is 0 Å². The average Bonchev–Trinajstić information content (AvgIpc) is 3.00. The highest BCUT2D eigenvalue weighted by molar-refractivity contribution is 5.46. The van der Waals surface area contributed by atoms with E-state index in [4.69, 9.17) is 0 Å². The molecule has 1 aromatic rings. The summed E-state index contributed by atoms with van der Waals surface area (Å²) in [5, 5.41) is 0. The molecule has 1 saturated carbocycles.